The summed E-state index contributed by atoms with van der Waals surface area (Å²) in [5.41, 5.74) is 1.39. The molecule has 0 aromatic heterocycles. The maximum atomic E-state index is 11.6. The molecule has 1 unspecified atom stereocenters. The summed E-state index contributed by atoms with van der Waals surface area (Å²) in [5.74, 6) is -1.07. The molecule has 1 aliphatic rings. The van der Waals surface area contributed by atoms with E-state index in [1.165, 1.54) is 12.0 Å². The number of carboxylic acids is 1. The van der Waals surface area contributed by atoms with Gasteiger partial charge in [-0.1, -0.05) is 31.9 Å². The quantitative estimate of drug-likeness (QED) is 0.620. The van der Waals surface area contributed by atoms with E-state index in [2.05, 4.69) is 16.7 Å². The molecule has 0 aromatic carbocycles. The molecule has 0 aliphatic heterocycles. The minimum absolute atomic E-state index is 0.0826. The standard InChI is InChI=1S/C14H24N2O3/c1-3-10(2)12(13(17)18)16-14(19)15-9-8-11-6-4-5-7-11/h6,10,12H,3-5,7-9H2,1-2H3,(H,17,18)(H2,15,16,19)/t10?,12-/m0/s1. The Morgan fingerprint density at radius 3 is 2.74 bits per heavy atom. The molecule has 0 spiro atoms. The van der Waals surface area contributed by atoms with Crippen LogP contribution >= 0.6 is 0 Å². The fourth-order valence-electron chi connectivity index (χ4n) is 2.18. The topological polar surface area (TPSA) is 78.4 Å². The first-order chi connectivity index (χ1) is 9.04. The first kappa shape index (κ1) is 15.5. The number of carbonyl (C=O) groups is 2. The van der Waals surface area contributed by atoms with Gasteiger partial charge in [0.05, 0.1) is 0 Å². The molecule has 0 bridgehead atoms. The monoisotopic (exact) mass is 268 g/mol. The van der Waals surface area contributed by atoms with Crippen molar-refractivity contribution in [1.82, 2.24) is 10.6 Å². The Morgan fingerprint density at radius 1 is 1.47 bits per heavy atom. The van der Waals surface area contributed by atoms with Crippen molar-refractivity contribution in [2.24, 2.45) is 5.92 Å². The lowest BCUT2D eigenvalue weighted by Gasteiger charge is -2.20. The van der Waals surface area contributed by atoms with E-state index in [-0.39, 0.29) is 5.92 Å². The number of urea groups is 1. The summed E-state index contributed by atoms with van der Waals surface area (Å²) in [6, 6.07) is -1.22. The van der Waals surface area contributed by atoms with Crippen molar-refractivity contribution in [2.75, 3.05) is 6.54 Å². The van der Waals surface area contributed by atoms with Crippen LogP contribution in [0, 0.1) is 5.92 Å². The average Bonchev–Trinajstić information content (AvgIpc) is 2.87. The number of amides is 2. The van der Waals surface area contributed by atoms with Crippen LogP contribution in [-0.4, -0.2) is 29.7 Å². The van der Waals surface area contributed by atoms with E-state index in [0.29, 0.717) is 13.0 Å². The molecule has 1 aliphatic carbocycles. The molecule has 5 nitrogen and oxygen atoms in total. The van der Waals surface area contributed by atoms with Crippen LogP contribution in [0.3, 0.4) is 0 Å². The molecule has 19 heavy (non-hydrogen) atoms. The fraction of sp³-hybridized carbons (Fsp3) is 0.714. The Balaban J connectivity index is 2.29. The third-order valence-corrected chi connectivity index (χ3v) is 3.63. The van der Waals surface area contributed by atoms with Crippen LogP contribution in [0.5, 0.6) is 0 Å². The van der Waals surface area contributed by atoms with E-state index in [1.807, 2.05) is 13.8 Å². The first-order valence-corrected chi connectivity index (χ1v) is 6.99. The highest BCUT2D eigenvalue weighted by Gasteiger charge is 2.24. The van der Waals surface area contributed by atoms with Gasteiger partial charge in [-0.05, 0) is 31.6 Å². The normalized spacial score (nSPS) is 17.5. The molecule has 0 radical (unpaired) electrons. The lowest BCUT2D eigenvalue weighted by atomic mass is 9.99. The highest BCUT2D eigenvalue weighted by Crippen LogP contribution is 2.19. The van der Waals surface area contributed by atoms with Crippen molar-refractivity contribution in [3.8, 4) is 0 Å². The lowest BCUT2D eigenvalue weighted by molar-refractivity contribution is -0.140. The molecule has 5 heteroatoms. The van der Waals surface area contributed by atoms with E-state index in [4.69, 9.17) is 5.11 Å². The second kappa shape index (κ2) is 7.81. The lowest BCUT2D eigenvalue weighted by Crippen LogP contribution is -2.49. The van der Waals surface area contributed by atoms with Crippen molar-refractivity contribution in [3.05, 3.63) is 11.6 Å². The van der Waals surface area contributed by atoms with Crippen LogP contribution in [-0.2, 0) is 4.79 Å². The number of allylic oxidation sites excluding steroid dienone is 1. The van der Waals surface area contributed by atoms with Gasteiger partial charge in [0.2, 0.25) is 0 Å². The molecule has 0 heterocycles. The van der Waals surface area contributed by atoms with Crippen molar-refractivity contribution in [3.63, 3.8) is 0 Å². The number of nitrogens with one attached hydrogen (secondary N) is 2. The van der Waals surface area contributed by atoms with Gasteiger partial charge in [0.1, 0.15) is 6.04 Å². The highest BCUT2D eigenvalue weighted by molar-refractivity contribution is 5.82. The van der Waals surface area contributed by atoms with Crippen molar-refractivity contribution >= 4 is 12.0 Å². The minimum Gasteiger partial charge on any atom is -0.480 e. The van der Waals surface area contributed by atoms with E-state index in [1.54, 1.807) is 0 Å². The summed E-state index contributed by atoms with van der Waals surface area (Å²) in [4.78, 5) is 22.7. The highest BCUT2D eigenvalue weighted by atomic mass is 16.4. The van der Waals surface area contributed by atoms with Crippen molar-refractivity contribution in [1.29, 1.82) is 0 Å². The number of carboxylic acid groups (broad SMARTS) is 1. The molecule has 2 atom stereocenters. The molecule has 0 saturated heterocycles. The summed E-state index contributed by atoms with van der Waals surface area (Å²) >= 11 is 0. The predicted molar refractivity (Wildman–Crippen MR) is 74.0 cm³/mol. The third-order valence-electron chi connectivity index (χ3n) is 3.63. The summed E-state index contributed by atoms with van der Waals surface area (Å²) < 4.78 is 0. The maximum Gasteiger partial charge on any atom is 0.326 e. The summed E-state index contributed by atoms with van der Waals surface area (Å²) in [6.45, 7) is 4.29. The van der Waals surface area contributed by atoms with Crippen LogP contribution in [0.15, 0.2) is 11.6 Å². The van der Waals surface area contributed by atoms with Crippen LogP contribution in [0.1, 0.15) is 46.0 Å². The second-order valence-electron chi connectivity index (χ2n) is 5.11. The van der Waals surface area contributed by atoms with Crippen molar-refractivity contribution < 1.29 is 14.7 Å². The van der Waals surface area contributed by atoms with Gasteiger partial charge in [-0.25, -0.2) is 9.59 Å². The zero-order valence-electron chi connectivity index (χ0n) is 11.7. The van der Waals surface area contributed by atoms with E-state index < -0.39 is 18.0 Å². The van der Waals surface area contributed by atoms with Crippen LogP contribution in [0.2, 0.25) is 0 Å². The second-order valence-corrected chi connectivity index (χ2v) is 5.11. The SMILES string of the molecule is CCC(C)[C@H](NC(=O)NCCC1=CCCC1)C(=O)O. The molecular formula is C14H24N2O3. The first-order valence-electron chi connectivity index (χ1n) is 6.99. The Morgan fingerprint density at radius 2 is 2.21 bits per heavy atom. The Labute approximate surface area is 114 Å². The Kier molecular flexibility index (Phi) is 6.39. The molecule has 3 N–H and O–H groups in total. The number of rotatable bonds is 7. The number of hydrogen-bond donors (Lipinski definition) is 3. The van der Waals surface area contributed by atoms with E-state index in [0.717, 1.165) is 19.3 Å². The van der Waals surface area contributed by atoms with Gasteiger partial charge in [0.15, 0.2) is 0 Å². The van der Waals surface area contributed by atoms with Gasteiger partial charge in [0.25, 0.3) is 0 Å². The van der Waals surface area contributed by atoms with Gasteiger partial charge in [-0.2, -0.15) is 0 Å². The van der Waals surface area contributed by atoms with E-state index in [9.17, 15) is 9.59 Å². The van der Waals surface area contributed by atoms with Gasteiger partial charge >= 0.3 is 12.0 Å². The molecule has 0 aromatic rings. The van der Waals surface area contributed by atoms with Crippen LogP contribution in [0.4, 0.5) is 4.79 Å². The molecular weight excluding hydrogens is 244 g/mol. The molecule has 0 saturated carbocycles. The summed E-state index contributed by atoms with van der Waals surface area (Å²) in [7, 11) is 0. The van der Waals surface area contributed by atoms with Crippen LogP contribution < -0.4 is 10.6 Å². The van der Waals surface area contributed by atoms with Gasteiger partial charge in [-0.15, -0.1) is 0 Å². The van der Waals surface area contributed by atoms with E-state index >= 15 is 0 Å². The fourth-order valence-corrected chi connectivity index (χ4v) is 2.18. The summed E-state index contributed by atoms with van der Waals surface area (Å²) in [5, 5.41) is 14.3. The Hall–Kier alpha value is -1.52. The molecule has 1 rings (SSSR count). The minimum atomic E-state index is -0.983. The third kappa shape index (κ3) is 5.32. The number of hydrogen-bond acceptors (Lipinski definition) is 2. The average molecular weight is 268 g/mol. The Bertz CT molecular complexity index is 353. The zero-order chi connectivity index (χ0) is 14.3. The zero-order valence-corrected chi connectivity index (χ0v) is 11.7. The number of carbonyl (C=O) groups excluding carboxylic acids is 1. The van der Waals surface area contributed by atoms with Crippen LogP contribution in [0.25, 0.3) is 0 Å². The smallest absolute Gasteiger partial charge is 0.326 e. The molecule has 108 valence electrons. The van der Waals surface area contributed by atoms with Crippen molar-refractivity contribution in [2.45, 2.75) is 52.0 Å². The van der Waals surface area contributed by atoms with Gasteiger partial charge in [0, 0.05) is 6.54 Å². The van der Waals surface area contributed by atoms with Gasteiger partial charge < -0.3 is 15.7 Å². The molecule has 0 fully saturated rings. The summed E-state index contributed by atoms with van der Waals surface area (Å²) in [6.07, 6.45) is 7.25. The molecule has 2 amide bonds. The maximum absolute atomic E-state index is 11.6. The predicted octanol–water partition coefficient (Wildman–Crippen LogP) is 2.29. The van der Waals surface area contributed by atoms with Gasteiger partial charge in [-0.3, -0.25) is 0 Å². The largest absolute Gasteiger partial charge is 0.480 e. The number of aliphatic carboxylic acids is 1.